The smallest absolute Gasteiger partial charge is 0.0541 e. The summed E-state index contributed by atoms with van der Waals surface area (Å²) < 4.78 is 8.21. The number of hydrogen-bond donors (Lipinski definition) is 0. The molecule has 0 amide bonds. The molecule has 3 aromatic heterocycles. The molecule has 0 saturated carbocycles. The number of hydrogen-bond acceptors (Lipinski definition) is 0. The highest BCUT2D eigenvalue weighted by Gasteiger charge is 2.17. The molecule has 4 heteroatoms. The van der Waals surface area contributed by atoms with Crippen LogP contribution in [-0.2, 0) is 0 Å². The molecule has 3 nitrogen and oxygen atoms in total. The molecule has 12 rings (SSSR count). The first-order valence-corrected chi connectivity index (χ1v) is 20.5. The van der Waals surface area contributed by atoms with E-state index < -0.39 is 0 Å². The van der Waals surface area contributed by atoms with Crippen molar-refractivity contribution in [3.63, 3.8) is 0 Å². The summed E-state index contributed by atoms with van der Waals surface area (Å²) in [5.74, 6) is 0. The Kier molecular flexibility index (Phi) is 7.38. The standard InChI is InChI=1S/C54H34BrN3/c55-39-23-29-42(30-24-39)58-53-31-21-37(35-17-25-40(26-18-35)56-49-13-5-1-9-43(49)44-10-2-6-14-50(44)56)33-47(53)48-34-38(22-32-54(48)58)36-19-27-41(28-20-36)57-51-15-7-3-11-45(51)46-12-4-8-16-52(46)57/h1-34H. The molecule has 272 valence electrons. The molecule has 0 radical (unpaired) electrons. The van der Waals surface area contributed by atoms with Crippen LogP contribution in [0.2, 0.25) is 0 Å². The predicted octanol–water partition coefficient (Wildman–Crippen LogP) is 15.1. The van der Waals surface area contributed by atoms with Gasteiger partial charge >= 0.3 is 0 Å². The molecule has 0 saturated heterocycles. The van der Waals surface area contributed by atoms with Crippen molar-refractivity contribution in [2.45, 2.75) is 0 Å². The zero-order valence-electron chi connectivity index (χ0n) is 31.3. The highest BCUT2D eigenvalue weighted by molar-refractivity contribution is 9.10. The van der Waals surface area contributed by atoms with Gasteiger partial charge in [0, 0.05) is 53.9 Å². The lowest BCUT2D eigenvalue weighted by atomic mass is 10.00. The van der Waals surface area contributed by atoms with Gasteiger partial charge < -0.3 is 13.7 Å². The number of aromatic nitrogens is 3. The maximum absolute atomic E-state index is 3.65. The monoisotopic (exact) mass is 803 g/mol. The van der Waals surface area contributed by atoms with Crippen LogP contribution in [0.3, 0.4) is 0 Å². The van der Waals surface area contributed by atoms with Gasteiger partial charge in [0.2, 0.25) is 0 Å². The molecular weight excluding hydrogens is 771 g/mol. The van der Waals surface area contributed by atoms with Gasteiger partial charge in [-0.1, -0.05) is 125 Å². The third kappa shape index (κ3) is 5.05. The first kappa shape index (κ1) is 33.0. The van der Waals surface area contributed by atoms with Crippen LogP contribution in [-0.4, -0.2) is 13.7 Å². The summed E-state index contributed by atoms with van der Waals surface area (Å²) in [4.78, 5) is 0. The lowest BCUT2D eigenvalue weighted by molar-refractivity contribution is 1.18. The second-order valence-electron chi connectivity index (χ2n) is 15.1. The summed E-state index contributed by atoms with van der Waals surface area (Å²) >= 11 is 3.65. The van der Waals surface area contributed by atoms with E-state index in [1.165, 1.54) is 87.7 Å². The Balaban J connectivity index is 0.975. The summed E-state index contributed by atoms with van der Waals surface area (Å²) in [6, 6.07) is 75.2. The fraction of sp³-hybridized carbons (Fsp3) is 0. The number of rotatable bonds is 5. The Bertz CT molecular complexity index is 3230. The van der Waals surface area contributed by atoms with Crippen molar-refractivity contribution in [3.8, 4) is 39.3 Å². The molecule has 9 aromatic carbocycles. The topological polar surface area (TPSA) is 14.8 Å². The zero-order valence-corrected chi connectivity index (χ0v) is 32.9. The van der Waals surface area contributed by atoms with Crippen LogP contribution in [0.1, 0.15) is 0 Å². The Morgan fingerprint density at radius 1 is 0.241 bits per heavy atom. The van der Waals surface area contributed by atoms with Gasteiger partial charge in [-0.2, -0.15) is 0 Å². The Morgan fingerprint density at radius 2 is 0.517 bits per heavy atom. The van der Waals surface area contributed by atoms with Gasteiger partial charge in [-0.15, -0.1) is 0 Å². The molecule has 12 aromatic rings. The van der Waals surface area contributed by atoms with E-state index >= 15 is 0 Å². The van der Waals surface area contributed by atoms with Crippen LogP contribution < -0.4 is 0 Å². The van der Waals surface area contributed by atoms with Gasteiger partial charge in [0.15, 0.2) is 0 Å². The fourth-order valence-electron chi connectivity index (χ4n) is 9.26. The van der Waals surface area contributed by atoms with E-state index in [0.717, 1.165) is 21.5 Å². The molecule has 0 aliphatic heterocycles. The average Bonchev–Trinajstić information content (AvgIpc) is 3.92. The molecular formula is C54H34BrN3. The number of halogens is 1. The van der Waals surface area contributed by atoms with Crippen molar-refractivity contribution >= 4 is 81.3 Å². The highest BCUT2D eigenvalue weighted by Crippen LogP contribution is 2.39. The van der Waals surface area contributed by atoms with E-state index in [-0.39, 0.29) is 0 Å². The van der Waals surface area contributed by atoms with Crippen LogP contribution in [0.4, 0.5) is 0 Å². The molecule has 0 atom stereocenters. The Morgan fingerprint density at radius 3 is 0.862 bits per heavy atom. The lowest BCUT2D eigenvalue weighted by Gasteiger charge is -2.10. The maximum atomic E-state index is 3.65. The summed E-state index contributed by atoms with van der Waals surface area (Å²) in [6.45, 7) is 0. The quantitative estimate of drug-likeness (QED) is 0.165. The number of nitrogens with zero attached hydrogens (tertiary/aromatic N) is 3. The van der Waals surface area contributed by atoms with Gasteiger partial charge in [0.25, 0.3) is 0 Å². The summed E-state index contributed by atoms with van der Waals surface area (Å²) in [6.07, 6.45) is 0. The molecule has 0 N–H and O–H groups in total. The first-order valence-electron chi connectivity index (χ1n) is 19.7. The van der Waals surface area contributed by atoms with E-state index in [0.29, 0.717) is 0 Å². The van der Waals surface area contributed by atoms with Gasteiger partial charge in [-0.25, -0.2) is 0 Å². The second-order valence-corrected chi connectivity index (χ2v) is 16.0. The van der Waals surface area contributed by atoms with Crippen molar-refractivity contribution in [2.24, 2.45) is 0 Å². The highest BCUT2D eigenvalue weighted by atomic mass is 79.9. The van der Waals surface area contributed by atoms with Crippen molar-refractivity contribution in [3.05, 3.63) is 211 Å². The molecule has 0 aliphatic carbocycles. The van der Waals surface area contributed by atoms with Crippen molar-refractivity contribution in [2.75, 3.05) is 0 Å². The molecule has 0 bridgehead atoms. The van der Waals surface area contributed by atoms with Crippen LogP contribution in [0.25, 0.3) is 105 Å². The van der Waals surface area contributed by atoms with Crippen molar-refractivity contribution < 1.29 is 0 Å². The fourth-order valence-corrected chi connectivity index (χ4v) is 9.52. The van der Waals surface area contributed by atoms with Crippen LogP contribution in [0.15, 0.2) is 211 Å². The van der Waals surface area contributed by atoms with Crippen LogP contribution >= 0.6 is 15.9 Å². The minimum atomic E-state index is 1.07. The number of fused-ring (bicyclic) bond motifs is 9. The largest absolute Gasteiger partial charge is 0.309 e. The van der Waals surface area contributed by atoms with Crippen molar-refractivity contribution in [1.82, 2.24) is 13.7 Å². The van der Waals surface area contributed by atoms with Gasteiger partial charge in [0.05, 0.1) is 33.1 Å². The minimum Gasteiger partial charge on any atom is -0.309 e. The molecule has 0 aliphatic rings. The average molecular weight is 805 g/mol. The second kappa shape index (κ2) is 13.0. The van der Waals surface area contributed by atoms with Gasteiger partial charge in [-0.3, -0.25) is 0 Å². The lowest BCUT2D eigenvalue weighted by Crippen LogP contribution is -1.94. The third-order valence-corrected chi connectivity index (χ3v) is 12.5. The number of benzene rings is 9. The zero-order chi connectivity index (χ0) is 38.3. The molecule has 0 fully saturated rings. The summed E-state index contributed by atoms with van der Waals surface area (Å²) in [5.41, 5.74) is 15.4. The normalized spacial score (nSPS) is 11.9. The van der Waals surface area contributed by atoms with Gasteiger partial charge in [0.1, 0.15) is 0 Å². The number of para-hydroxylation sites is 4. The van der Waals surface area contributed by atoms with E-state index in [2.05, 4.69) is 236 Å². The SMILES string of the molecule is Brc1ccc(-n2c3ccc(-c4ccc(-n5c6ccccc6c6ccccc65)cc4)cc3c3cc(-c4ccc(-n5c6ccccc6c6ccccc65)cc4)ccc32)cc1. The predicted molar refractivity (Wildman–Crippen MR) is 248 cm³/mol. The third-order valence-electron chi connectivity index (χ3n) is 11.9. The summed E-state index contributed by atoms with van der Waals surface area (Å²) in [5, 5.41) is 7.54. The van der Waals surface area contributed by atoms with Crippen LogP contribution in [0, 0.1) is 0 Å². The molecule has 58 heavy (non-hydrogen) atoms. The van der Waals surface area contributed by atoms with E-state index in [9.17, 15) is 0 Å². The van der Waals surface area contributed by atoms with E-state index in [1.807, 2.05) is 0 Å². The molecule has 0 unspecified atom stereocenters. The molecule has 3 heterocycles. The Hall–Kier alpha value is -7.14. The van der Waals surface area contributed by atoms with E-state index in [4.69, 9.17) is 0 Å². The van der Waals surface area contributed by atoms with Gasteiger partial charge in [-0.05, 0) is 119 Å². The van der Waals surface area contributed by atoms with Crippen molar-refractivity contribution in [1.29, 1.82) is 0 Å². The molecule has 0 spiro atoms. The Labute approximate surface area is 343 Å². The van der Waals surface area contributed by atoms with Crippen LogP contribution in [0.5, 0.6) is 0 Å². The summed E-state index contributed by atoms with van der Waals surface area (Å²) in [7, 11) is 0. The minimum absolute atomic E-state index is 1.07. The van der Waals surface area contributed by atoms with E-state index in [1.54, 1.807) is 0 Å². The first-order chi connectivity index (χ1) is 28.7. The maximum Gasteiger partial charge on any atom is 0.0541 e.